The van der Waals surface area contributed by atoms with Gasteiger partial charge in [0.05, 0.1) is 10.6 Å². The third kappa shape index (κ3) is 2.24. The lowest BCUT2D eigenvalue weighted by atomic mass is 10.2. The van der Waals surface area contributed by atoms with E-state index < -0.39 is 4.92 Å². The first kappa shape index (κ1) is 12.9. The van der Waals surface area contributed by atoms with E-state index in [4.69, 9.17) is 0 Å². The average Bonchev–Trinajstić information content (AvgIpc) is 2.66. The maximum atomic E-state index is 12.2. The van der Waals surface area contributed by atoms with E-state index in [2.05, 4.69) is 5.10 Å². The van der Waals surface area contributed by atoms with E-state index in [0.717, 1.165) is 17.0 Å². The molecule has 0 unspecified atom stereocenters. The summed E-state index contributed by atoms with van der Waals surface area (Å²) >= 11 is 0. The number of rotatable bonds is 2. The highest BCUT2D eigenvalue weighted by atomic mass is 16.6. The van der Waals surface area contributed by atoms with Crippen LogP contribution in [0.3, 0.4) is 0 Å². The number of aromatic nitrogens is 2. The van der Waals surface area contributed by atoms with E-state index in [1.807, 2.05) is 20.8 Å². The summed E-state index contributed by atoms with van der Waals surface area (Å²) in [4.78, 5) is 22.3. The van der Waals surface area contributed by atoms with Crippen molar-refractivity contribution in [2.75, 3.05) is 0 Å². The first-order chi connectivity index (χ1) is 8.91. The van der Waals surface area contributed by atoms with Crippen LogP contribution in [0.5, 0.6) is 0 Å². The Morgan fingerprint density at radius 3 is 2.21 bits per heavy atom. The number of hydrogen-bond donors (Lipinski definition) is 0. The largest absolute Gasteiger partial charge is 0.278 e. The smallest absolute Gasteiger partial charge is 0.267 e. The van der Waals surface area contributed by atoms with Crippen LogP contribution >= 0.6 is 0 Å². The SMILES string of the molecule is Cc1nn(C(=O)c2ccc([N+](=O)[O-])cc2)c(C)c1C. The standard InChI is InChI=1S/C13H13N3O3/c1-8-9(2)14-15(10(8)3)13(17)11-4-6-12(7-5-11)16(18)19/h4-7H,1-3H3. The molecule has 0 N–H and O–H groups in total. The van der Waals surface area contributed by atoms with Gasteiger partial charge in [-0.2, -0.15) is 5.10 Å². The van der Waals surface area contributed by atoms with Crippen LogP contribution in [0.1, 0.15) is 27.3 Å². The van der Waals surface area contributed by atoms with Crippen LogP contribution in [0.2, 0.25) is 0 Å². The topological polar surface area (TPSA) is 78.0 Å². The molecule has 1 heterocycles. The van der Waals surface area contributed by atoms with Crippen LogP contribution in [0.25, 0.3) is 0 Å². The van der Waals surface area contributed by atoms with Gasteiger partial charge in [-0.15, -0.1) is 0 Å². The lowest BCUT2D eigenvalue weighted by Crippen LogP contribution is -2.15. The average molecular weight is 259 g/mol. The molecule has 6 heteroatoms. The third-order valence-electron chi connectivity index (χ3n) is 3.17. The Bertz CT molecular complexity index is 657. The zero-order valence-corrected chi connectivity index (χ0v) is 10.9. The van der Waals surface area contributed by atoms with Gasteiger partial charge in [-0.25, -0.2) is 4.68 Å². The van der Waals surface area contributed by atoms with Gasteiger partial charge in [-0.3, -0.25) is 14.9 Å². The monoisotopic (exact) mass is 259 g/mol. The summed E-state index contributed by atoms with van der Waals surface area (Å²) in [5, 5.41) is 14.7. The third-order valence-corrected chi connectivity index (χ3v) is 3.17. The van der Waals surface area contributed by atoms with Gasteiger partial charge < -0.3 is 0 Å². The van der Waals surface area contributed by atoms with Crippen molar-refractivity contribution in [3.63, 3.8) is 0 Å². The maximum absolute atomic E-state index is 12.2. The number of carbonyl (C=O) groups excluding carboxylic acids is 1. The van der Waals surface area contributed by atoms with Crippen molar-refractivity contribution in [1.29, 1.82) is 0 Å². The molecule has 1 aromatic carbocycles. The highest BCUT2D eigenvalue weighted by Gasteiger charge is 2.16. The van der Waals surface area contributed by atoms with Gasteiger partial charge in [0, 0.05) is 23.4 Å². The van der Waals surface area contributed by atoms with Gasteiger partial charge in [-0.05, 0) is 38.5 Å². The Morgan fingerprint density at radius 1 is 1.21 bits per heavy atom. The van der Waals surface area contributed by atoms with Crippen molar-refractivity contribution in [3.05, 3.63) is 56.9 Å². The molecule has 2 aromatic rings. The number of nitro benzene ring substituents is 1. The predicted octanol–water partition coefficient (Wildman–Crippen LogP) is 2.41. The van der Waals surface area contributed by atoms with Crippen molar-refractivity contribution in [2.24, 2.45) is 0 Å². The second kappa shape index (κ2) is 4.64. The Labute approximate surface area is 109 Å². The highest BCUT2D eigenvalue weighted by molar-refractivity contribution is 5.96. The molecular weight excluding hydrogens is 246 g/mol. The molecule has 2 rings (SSSR count). The quantitative estimate of drug-likeness (QED) is 0.612. The van der Waals surface area contributed by atoms with E-state index >= 15 is 0 Å². The number of carbonyl (C=O) groups is 1. The Kier molecular flexibility index (Phi) is 3.16. The molecule has 98 valence electrons. The molecule has 0 aliphatic carbocycles. The molecule has 0 bridgehead atoms. The van der Waals surface area contributed by atoms with Crippen molar-refractivity contribution < 1.29 is 9.72 Å². The van der Waals surface area contributed by atoms with E-state index in [-0.39, 0.29) is 11.6 Å². The summed E-state index contributed by atoms with van der Waals surface area (Å²) < 4.78 is 1.33. The van der Waals surface area contributed by atoms with E-state index in [1.165, 1.54) is 28.9 Å². The molecule has 6 nitrogen and oxygen atoms in total. The van der Waals surface area contributed by atoms with Crippen molar-refractivity contribution in [3.8, 4) is 0 Å². The lowest BCUT2D eigenvalue weighted by molar-refractivity contribution is -0.384. The molecule has 0 saturated heterocycles. The zero-order chi connectivity index (χ0) is 14.2. The van der Waals surface area contributed by atoms with Crippen LogP contribution in [0.4, 0.5) is 5.69 Å². The summed E-state index contributed by atoms with van der Waals surface area (Å²) in [6.45, 7) is 5.55. The Hall–Kier alpha value is -2.50. The number of nitro groups is 1. The van der Waals surface area contributed by atoms with Crippen LogP contribution < -0.4 is 0 Å². The van der Waals surface area contributed by atoms with E-state index in [1.54, 1.807) is 0 Å². The molecule has 0 aliphatic rings. The molecular formula is C13H13N3O3. The zero-order valence-electron chi connectivity index (χ0n) is 10.9. The Morgan fingerprint density at radius 2 is 1.79 bits per heavy atom. The first-order valence-electron chi connectivity index (χ1n) is 5.74. The highest BCUT2D eigenvalue weighted by Crippen LogP contribution is 2.16. The van der Waals surface area contributed by atoms with Crippen LogP contribution in [-0.2, 0) is 0 Å². The molecule has 0 atom stereocenters. The molecule has 0 saturated carbocycles. The summed E-state index contributed by atoms with van der Waals surface area (Å²) in [6.07, 6.45) is 0. The van der Waals surface area contributed by atoms with Crippen molar-refractivity contribution >= 4 is 11.6 Å². The normalized spacial score (nSPS) is 10.5. The minimum atomic E-state index is -0.498. The van der Waals surface area contributed by atoms with Crippen molar-refractivity contribution in [1.82, 2.24) is 9.78 Å². The number of non-ortho nitro benzene ring substituents is 1. The van der Waals surface area contributed by atoms with Gasteiger partial charge in [0.2, 0.25) is 0 Å². The van der Waals surface area contributed by atoms with Gasteiger partial charge in [0.1, 0.15) is 0 Å². The predicted molar refractivity (Wildman–Crippen MR) is 69.3 cm³/mol. The second-order valence-electron chi connectivity index (χ2n) is 4.32. The lowest BCUT2D eigenvalue weighted by Gasteiger charge is -2.03. The van der Waals surface area contributed by atoms with E-state index in [0.29, 0.717) is 5.56 Å². The molecule has 0 aliphatic heterocycles. The first-order valence-corrected chi connectivity index (χ1v) is 5.74. The molecule has 0 fully saturated rings. The summed E-state index contributed by atoms with van der Waals surface area (Å²) in [5.74, 6) is -0.288. The summed E-state index contributed by atoms with van der Waals surface area (Å²) in [6, 6.07) is 5.50. The van der Waals surface area contributed by atoms with Crippen LogP contribution in [0.15, 0.2) is 24.3 Å². The number of aryl methyl sites for hydroxylation is 1. The molecule has 0 radical (unpaired) electrons. The van der Waals surface area contributed by atoms with Gasteiger partial charge >= 0.3 is 0 Å². The summed E-state index contributed by atoms with van der Waals surface area (Å²) in [5.41, 5.74) is 2.88. The fraction of sp³-hybridized carbons (Fsp3) is 0.231. The van der Waals surface area contributed by atoms with Crippen LogP contribution in [0, 0.1) is 30.9 Å². The second-order valence-corrected chi connectivity index (χ2v) is 4.32. The number of nitrogens with zero attached hydrogens (tertiary/aromatic N) is 3. The van der Waals surface area contributed by atoms with Gasteiger partial charge in [0.25, 0.3) is 11.6 Å². The fourth-order valence-electron chi connectivity index (χ4n) is 1.77. The van der Waals surface area contributed by atoms with Crippen LogP contribution in [-0.4, -0.2) is 20.6 Å². The molecule has 0 spiro atoms. The number of benzene rings is 1. The maximum Gasteiger partial charge on any atom is 0.278 e. The van der Waals surface area contributed by atoms with Gasteiger partial charge in [0.15, 0.2) is 0 Å². The fourth-order valence-corrected chi connectivity index (χ4v) is 1.77. The molecule has 1 aromatic heterocycles. The molecule has 0 amide bonds. The minimum absolute atomic E-state index is 0.0406. The Balaban J connectivity index is 2.38. The molecule has 19 heavy (non-hydrogen) atoms. The van der Waals surface area contributed by atoms with Crippen molar-refractivity contribution in [2.45, 2.75) is 20.8 Å². The minimum Gasteiger partial charge on any atom is -0.267 e. The van der Waals surface area contributed by atoms with Gasteiger partial charge in [-0.1, -0.05) is 0 Å². The summed E-state index contributed by atoms with van der Waals surface area (Å²) in [7, 11) is 0. The van der Waals surface area contributed by atoms with E-state index in [9.17, 15) is 14.9 Å². The number of hydrogen-bond acceptors (Lipinski definition) is 4.